The Morgan fingerprint density at radius 3 is 2.56 bits per heavy atom. The van der Waals surface area contributed by atoms with Crippen molar-refractivity contribution in [2.75, 3.05) is 14.1 Å². The summed E-state index contributed by atoms with van der Waals surface area (Å²) in [5.74, 6) is 0.584. The molecule has 2 aromatic heterocycles. The molecule has 1 amide bonds. The average molecular weight is 357 g/mol. The summed E-state index contributed by atoms with van der Waals surface area (Å²) in [6.45, 7) is 0. The minimum atomic E-state index is -0.0852. The Balaban J connectivity index is 1.82. The van der Waals surface area contributed by atoms with Gasteiger partial charge in [0.05, 0.1) is 5.69 Å². The molecular weight excluding hydrogens is 338 g/mol. The molecule has 2 heterocycles. The number of aromatic nitrogens is 2. The van der Waals surface area contributed by atoms with Crippen molar-refractivity contribution < 1.29 is 9.21 Å². The Kier molecular flexibility index (Phi) is 4.34. The van der Waals surface area contributed by atoms with Crippen molar-refractivity contribution in [3.05, 3.63) is 78.5 Å². The fourth-order valence-electron chi connectivity index (χ4n) is 2.82. The SMILES string of the molecule is CN(C)C(=O)/C=C\c1cn(-c2ccccc2)nc1-c1cc2ccccc2o1. The van der Waals surface area contributed by atoms with Crippen LogP contribution in [0.25, 0.3) is 34.2 Å². The summed E-state index contributed by atoms with van der Waals surface area (Å²) in [5, 5.41) is 5.73. The number of likely N-dealkylation sites (N-methyl/N-ethyl adjacent to an activating group) is 1. The first-order valence-corrected chi connectivity index (χ1v) is 8.65. The lowest BCUT2D eigenvalue weighted by molar-refractivity contribution is -0.123. The van der Waals surface area contributed by atoms with Crippen LogP contribution in [-0.4, -0.2) is 34.7 Å². The van der Waals surface area contributed by atoms with E-state index in [9.17, 15) is 4.79 Å². The zero-order valence-corrected chi connectivity index (χ0v) is 15.2. The molecule has 0 radical (unpaired) electrons. The summed E-state index contributed by atoms with van der Waals surface area (Å²) in [6.07, 6.45) is 5.22. The third-order valence-electron chi connectivity index (χ3n) is 4.27. The van der Waals surface area contributed by atoms with Crippen molar-refractivity contribution >= 4 is 23.0 Å². The minimum absolute atomic E-state index is 0.0852. The van der Waals surface area contributed by atoms with Gasteiger partial charge in [0.1, 0.15) is 11.3 Å². The van der Waals surface area contributed by atoms with Gasteiger partial charge in [-0.05, 0) is 30.3 Å². The largest absolute Gasteiger partial charge is 0.454 e. The molecule has 5 nitrogen and oxygen atoms in total. The van der Waals surface area contributed by atoms with Crippen molar-refractivity contribution in [3.63, 3.8) is 0 Å². The fraction of sp³-hybridized carbons (Fsp3) is 0.0909. The molecular formula is C22H19N3O2. The summed E-state index contributed by atoms with van der Waals surface area (Å²) in [5.41, 5.74) is 3.25. The van der Waals surface area contributed by atoms with E-state index >= 15 is 0 Å². The minimum Gasteiger partial charge on any atom is -0.454 e. The molecule has 0 unspecified atom stereocenters. The van der Waals surface area contributed by atoms with Crippen LogP contribution in [0.2, 0.25) is 0 Å². The van der Waals surface area contributed by atoms with E-state index in [2.05, 4.69) is 0 Å². The molecule has 2 aromatic carbocycles. The van der Waals surface area contributed by atoms with Gasteiger partial charge in [0.25, 0.3) is 0 Å². The number of fused-ring (bicyclic) bond motifs is 1. The Bertz CT molecular complexity index is 1090. The lowest BCUT2D eigenvalue weighted by Gasteiger charge is -2.04. The molecule has 0 saturated carbocycles. The van der Waals surface area contributed by atoms with E-state index in [4.69, 9.17) is 9.52 Å². The molecule has 5 heteroatoms. The summed E-state index contributed by atoms with van der Waals surface area (Å²) in [7, 11) is 3.44. The summed E-state index contributed by atoms with van der Waals surface area (Å²) in [6, 6.07) is 19.7. The van der Waals surface area contributed by atoms with Crippen LogP contribution in [0.15, 0.2) is 77.4 Å². The lowest BCUT2D eigenvalue weighted by Crippen LogP contribution is -2.18. The molecule has 0 N–H and O–H groups in total. The van der Waals surface area contributed by atoms with Gasteiger partial charge in [-0.15, -0.1) is 0 Å². The fourth-order valence-corrected chi connectivity index (χ4v) is 2.82. The maximum atomic E-state index is 12.0. The van der Waals surface area contributed by atoms with Crippen LogP contribution in [0.5, 0.6) is 0 Å². The highest BCUT2D eigenvalue weighted by Crippen LogP contribution is 2.30. The molecule has 0 atom stereocenters. The quantitative estimate of drug-likeness (QED) is 0.509. The second kappa shape index (κ2) is 6.96. The smallest absolute Gasteiger partial charge is 0.246 e. The van der Waals surface area contributed by atoms with Crippen molar-refractivity contribution in [2.24, 2.45) is 0 Å². The number of para-hydroxylation sites is 2. The normalized spacial score (nSPS) is 11.3. The number of benzene rings is 2. The standard InChI is InChI=1S/C22H19N3O2/c1-24(2)21(26)13-12-17-15-25(18-9-4-3-5-10-18)23-22(17)20-14-16-8-6-7-11-19(16)27-20/h3-15H,1-2H3/b13-12-. The van der Waals surface area contributed by atoms with Gasteiger partial charge in [-0.3, -0.25) is 4.79 Å². The highest BCUT2D eigenvalue weighted by molar-refractivity contribution is 5.92. The monoisotopic (exact) mass is 357 g/mol. The van der Waals surface area contributed by atoms with Crippen LogP contribution < -0.4 is 0 Å². The van der Waals surface area contributed by atoms with Gasteiger partial charge in [0, 0.05) is 37.3 Å². The molecule has 27 heavy (non-hydrogen) atoms. The Morgan fingerprint density at radius 1 is 1.07 bits per heavy atom. The van der Waals surface area contributed by atoms with E-state index in [-0.39, 0.29) is 5.91 Å². The first kappa shape index (κ1) is 16.8. The molecule has 0 aliphatic carbocycles. The van der Waals surface area contributed by atoms with E-state index in [1.54, 1.807) is 30.9 Å². The van der Waals surface area contributed by atoms with Crippen molar-refractivity contribution in [1.29, 1.82) is 0 Å². The van der Waals surface area contributed by atoms with Gasteiger partial charge in [-0.25, -0.2) is 4.68 Å². The Labute approximate surface area is 157 Å². The average Bonchev–Trinajstić information content (AvgIpc) is 3.30. The zero-order chi connectivity index (χ0) is 18.8. The molecule has 0 bridgehead atoms. The van der Waals surface area contributed by atoms with Crippen LogP contribution in [-0.2, 0) is 4.79 Å². The molecule has 4 rings (SSSR count). The number of rotatable bonds is 4. The number of furan rings is 1. The first-order valence-electron chi connectivity index (χ1n) is 8.65. The molecule has 4 aromatic rings. The van der Waals surface area contributed by atoms with E-state index in [1.807, 2.05) is 66.9 Å². The zero-order valence-electron chi connectivity index (χ0n) is 15.2. The number of hydrogen-bond acceptors (Lipinski definition) is 3. The van der Waals surface area contributed by atoms with E-state index in [0.717, 1.165) is 22.2 Å². The maximum absolute atomic E-state index is 12.0. The molecule has 0 aliphatic rings. The lowest BCUT2D eigenvalue weighted by atomic mass is 10.2. The number of amides is 1. The number of carbonyl (C=O) groups is 1. The van der Waals surface area contributed by atoms with Crippen LogP contribution >= 0.6 is 0 Å². The van der Waals surface area contributed by atoms with Crippen molar-refractivity contribution in [1.82, 2.24) is 14.7 Å². The first-order chi connectivity index (χ1) is 13.1. The van der Waals surface area contributed by atoms with Crippen LogP contribution in [0.4, 0.5) is 0 Å². The molecule has 0 saturated heterocycles. The van der Waals surface area contributed by atoms with Gasteiger partial charge in [-0.1, -0.05) is 36.4 Å². The Hall–Kier alpha value is -3.60. The van der Waals surface area contributed by atoms with Gasteiger partial charge in [-0.2, -0.15) is 5.10 Å². The predicted molar refractivity (Wildman–Crippen MR) is 107 cm³/mol. The van der Waals surface area contributed by atoms with Crippen LogP contribution in [0.1, 0.15) is 5.56 Å². The van der Waals surface area contributed by atoms with E-state index in [0.29, 0.717) is 11.5 Å². The predicted octanol–water partition coefficient (Wildman–Crippen LogP) is 4.39. The van der Waals surface area contributed by atoms with Crippen molar-refractivity contribution in [2.45, 2.75) is 0 Å². The summed E-state index contributed by atoms with van der Waals surface area (Å²) < 4.78 is 7.79. The topological polar surface area (TPSA) is 51.3 Å². The van der Waals surface area contributed by atoms with Gasteiger partial charge >= 0.3 is 0 Å². The molecule has 0 aliphatic heterocycles. The summed E-state index contributed by atoms with van der Waals surface area (Å²) >= 11 is 0. The van der Waals surface area contributed by atoms with Crippen LogP contribution in [0.3, 0.4) is 0 Å². The number of nitrogens with zero attached hydrogens (tertiary/aromatic N) is 3. The number of carbonyl (C=O) groups excluding carboxylic acids is 1. The maximum Gasteiger partial charge on any atom is 0.246 e. The third kappa shape index (κ3) is 3.40. The van der Waals surface area contributed by atoms with Gasteiger partial charge < -0.3 is 9.32 Å². The number of hydrogen-bond donors (Lipinski definition) is 0. The molecule has 134 valence electrons. The second-order valence-electron chi connectivity index (χ2n) is 6.43. The van der Waals surface area contributed by atoms with Crippen LogP contribution in [0, 0.1) is 0 Å². The van der Waals surface area contributed by atoms with Crippen molar-refractivity contribution in [3.8, 4) is 17.1 Å². The van der Waals surface area contributed by atoms with E-state index < -0.39 is 0 Å². The summed E-state index contributed by atoms with van der Waals surface area (Å²) in [4.78, 5) is 13.5. The van der Waals surface area contributed by atoms with Gasteiger partial charge in [0.2, 0.25) is 5.91 Å². The third-order valence-corrected chi connectivity index (χ3v) is 4.27. The Morgan fingerprint density at radius 2 is 1.81 bits per heavy atom. The molecule has 0 fully saturated rings. The van der Waals surface area contributed by atoms with Gasteiger partial charge in [0.15, 0.2) is 5.76 Å². The highest BCUT2D eigenvalue weighted by atomic mass is 16.3. The second-order valence-corrected chi connectivity index (χ2v) is 6.43. The molecule has 0 spiro atoms. The highest BCUT2D eigenvalue weighted by Gasteiger charge is 2.15. The van der Waals surface area contributed by atoms with E-state index in [1.165, 1.54) is 4.90 Å².